The number of benzene rings is 2. The Bertz CT molecular complexity index is 1130. The molecule has 144 valence electrons. The van der Waals surface area contributed by atoms with Crippen LogP contribution in [-0.2, 0) is 11.3 Å². The van der Waals surface area contributed by atoms with Gasteiger partial charge in [-0.25, -0.2) is 4.98 Å². The first-order valence-corrected chi connectivity index (χ1v) is 10.2. The first-order valence-electron chi connectivity index (χ1n) is 9.42. The molecule has 2 heterocycles. The van der Waals surface area contributed by atoms with Crippen LogP contribution in [0.3, 0.4) is 0 Å². The highest BCUT2D eigenvalue weighted by molar-refractivity contribution is 7.22. The molecular formula is C24H21N3OS. The molecule has 2 aromatic heterocycles. The van der Waals surface area contributed by atoms with Gasteiger partial charge in [0.05, 0.1) is 22.5 Å². The molecule has 5 heteroatoms. The summed E-state index contributed by atoms with van der Waals surface area (Å²) in [4.78, 5) is 23.9. The van der Waals surface area contributed by atoms with E-state index >= 15 is 0 Å². The minimum absolute atomic E-state index is 0.119. The maximum absolute atomic E-state index is 13.1. The van der Waals surface area contributed by atoms with Crippen LogP contribution in [0.25, 0.3) is 16.3 Å². The van der Waals surface area contributed by atoms with E-state index in [1.165, 1.54) is 22.5 Å². The molecule has 2 aromatic carbocycles. The van der Waals surface area contributed by atoms with E-state index in [0.717, 1.165) is 21.5 Å². The maximum Gasteiger partial charge on any atom is 0.253 e. The molecule has 0 N–H and O–H groups in total. The Hall–Kier alpha value is -3.31. The lowest BCUT2D eigenvalue weighted by molar-refractivity contribution is -0.114. The maximum atomic E-state index is 13.1. The van der Waals surface area contributed by atoms with Crippen molar-refractivity contribution in [1.82, 2.24) is 9.97 Å². The summed E-state index contributed by atoms with van der Waals surface area (Å²) in [5.41, 5.74) is 5.13. The van der Waals surface area contributed by atoms with Crippen LogP contribution in [0.5, 0.6) is 0 Å². The van der Waals surface area contributed by atoms with E-state index in [1.807, 2.05) is 54.6 Å². The van der Waals surface area contributed by atoms with Crippen molar-refractivity contribution in [3.63, 3.8) is 0 Å². The number of hydrogen-bond donors (Lipinski definition) is 0. The fourth-order valence-electron chi connectivity index (χ4n) is 3.00. The van der Waals surface area contributed by atoms with Gasteiger partial charge in [-0.2, -0.15) is 0 Å². The van der Waals surface area contributed by atoms with Crippen molar-refractivity contribution in [3.05, 3.63) is 95.3 Å². The SMILES string of the molecule is Cc1cc2nc(N(Cc3ccccn3)C(=O)/C=C/c3ccccc3)sc2cc1C. The number of aryl methyl sites for hydroxylation is 2. The number of fused-ring (bicyclic) bond motifs is 1. The van der Waals surface area contributed by atoms with Gasteiger partial charge in [0.15, 0.2) is 5.13 Å². The van der Waals surface area contributed by atoms with E-state index in [9.17, 15) is 4.79 Å². The molecule has 4 nitrogen and oxygen atoms in total. The van der Waals surface area contributed by atoms with Gasteiger partial charge in [-0.1, -0.05) is 47.7 Å². The standard InChI is InChI=1S/C24H21N3OS/c1-17-14-21-22(15-18(17)2)29-24(26-21)27(16-20-10-6-7-13-25-20)23(28)12-11-19-8-4-3-5-9-19/h3-15H,16H2,1-2H3/b12-11+. The zero-order valence-corrected chi connectivity index (χ0v) is 17.2. The Morgan fingerprint density at radius 3 is 2.55 bits per heavy atom. The van der Waals surface area contributed by atoms with Crippen molar-refractivity contribution in [3.8, 4) is 0 Å². The van der Waals surface area contributed by atoms with Crippen molar-refractivity contribution in [1.29, 1.82) is 0 Å². The van der Waals surface area contributed by atoms with Gasteiger partial charge in [-0.05, 0) is 60.9 Å². The number of carbonyl (C=O) groups excluding carboxylic acids is 1. The minimum atomic E-state index is -0.119. The highest BCUT2D eigenvalue weighted by Gasteiger charge is 2.19. The predicted molar refractivity (Wildman–Crippen MR) is 120 cm³/mol. The molecule has 1 amide bonds. The minimum Gasteiger partial charge on any atom is -0.278 e. The summed E-state index contributed by atoms with van der Waals surface area (Å²) in [6.45, 7) is 4.54. The number of aromatic nitrogens is 2. The molecule has 0 fully saturated rings. The highest BCUT2D eigenvalue weighted by atomic mass is 32.1. The number of rotatable bonds is 5. The van der Waals surface area contributed by atoms with Crippen LogP contribution in [0.15, 0.2) is 72.9 Å². The van der Waals surface area contributed by atoms with Gasteiger partial charge in [0.2, 0.25) is 0 Å². The number of amides is 1. The summed E-state index contributed by atoms with van der Waals surface area (Å²) in [6.07, 6.45) is 5.17. The van der Waals surface area contributed by atoms with E-state index in [0.29, 0.717) is 11.7 Å². The Balaban J connectivity index is 1.70. The normalized spacial score (nSPS) is 11.2. The second-order valence-electron chi connectivity index (χ2n) is 6.89. The van der Waals surface area contributed by atoms with Crippen LogP contribution < -0.4 is 4.90 Å². The van der Waals surface area contributed by atoms with Gasteiger partial charge < -0.3 is 0 Å². The number of anilines is 1. The topological polar surface area (TPSA) is 46.1 Å². The average Bonchev–Trinajstić information content (AvgIpc) is 3.14. The quantitative estimate of drug-likeness (QED) is 0.413. The second kappa shape index (κ2) is 8.37. The summed E-state index contributed by atoms with van der Waals surface area (Å²) >= 11 is 1.53. The average molecular weight is 400 g/mol. The Kier molecular flexibility index (Phi) is 5.49. The van der Waals surface area contributed by atoms with Gasteiger partial charge in [0.1, 0.15) is 0 Å². The predicted octanol–water partition coefficient (Wildman–Crippen LogP) is 5.55. The third-order valence-electron chi connectivity index (χ3n) is 4.75. The molecule has 29 heavy (non-hydrogen) atoms. The third kappa shape index (κ3) is 4.41. The molecule has 4 aromatic rings. The smallest absolute Gasteiger partial charge is 0.253 e. The van der Waals surface area contributed by atoms with Gasteiger partial charge in [-0.15, -0.1) is 0 Å². The third-order valence-corrected chi connectivity index (χ3v) is 5.79. The van der Waals surface area contributed by atoms with Crippen molar-refractivity contribution >= 4 is 38.7 Å². The molecule has 0 aliphatic rings. The molecule has 4 rings (SSSR count). The lowest BCUT2D eigenvalue weighted by Gasteiger charge is -2.17. The summed E-state index contributed by atoms with van der Waals surface area (Å²) in [5, 5.41) is 0.679. The molecule has 0 saturated carbocycles. The molecule has 0 aliphatic heterocycles. The van der Waals surface area contributed by atoms with Crippen molar-refractivity contribution in [2.75, 3.05) is 4.90 Å². The Labute approximate surface area is 174 Å². The molecule has 0 spiro atoms. The number of carbonyl (C=O) groups is 1. The molecular weight excluding hydrogens is 378 g/mol. The van der Waals surface area contributed by atoms with Crippen molar-refractivity contribution in [2.45, 2.75) is 20.4 Å². The van der Waals surface area contributed by atoms with Gasteiger partial charge in [0.25, 0.3) is 5.91 Å². The first kappa shape index (κ1) is 19.0. The summed E-state index contributed by atoms with van der Waals surface area (Å²) < 4.78 is 1.08. The zero-order chi connectivity index (χ0) is 20.2. The van der Waals surface area contributed by atoms with Crippen LogP contribution in [0, 0.1) is 13.8 Å². The van der Waals surface area contributed by atoms with Crippen molar-refractivity contribution < 1.29 is 4.79 Å². The summed E-state index contributed by atoms with van der Waals surface area (Å²) in [7, 11) is 0. The van der Waals surface area contributed by atoms with E-state index in [-0.39, 0.29) is 5.91 Å². The van der Waals surface area contributed by atoms with Gasteiger partial charge >= 0.3 is 0 Å². The van der Waals surface area contributed by atoms with E-state index < -0.39 is 0 Å². The highest BCUT2D eigenvalue weighted by Crippen LogP contribution is 2.31. The first-order chi connectivity index (χ1) is 14.1. The second-order valence-corrected chi connectivity index (χ2v) is 7.90. The lowest BCUT2D eigenvalue weighted by Crippen LogP contribution is -2.29. The summed E-state index contributed by atoms with van der Waals surface area (Å²) in [5.74, 6) is -0.119. The van der Waals surface area contributed by atoms with Gasteiger partial charge in [-0.3, -0.25) is 14.7 Å². The lowest BCUT2D eigenvalue weighted by atomic mass is 10.1. The molecule has 0 unspecified atom stereocenters. The Morgan fingerprint density at radius 2 is 1.79 bits per heavy atom. The fourth-order valence-corrected chi connectivity index (χ4v) is 4.05. The van der Waals surface area contributed by atoms with E-state index in [2.05, 4.69) is 31.0 Å². The van der Waals surface area contributed by atoms with Crippen LogP contribution >= 0.6 is 11.3 Å². The number of hydrogen-bond acceptors (Lipinski definition) is 4. The van der Waals surface area contributed by atoms with Gasteiger partial charge in [0, 0.05) is 12.3 Å². The number of thiazole rings is 1. The number of nitrogens with zero attached hydrogens (tertiary/aromatic N) is 3. The van der Waals surface area contributed by atoms with E-state index in [4.69, 9.17) is 4.98 Å². The molecule has 0 radical (unpaired) electrons. The molecule has 0 atom stereocenters. The van der Waals surface area contributed by atoms with Crippen LogP contribution in [-0.4, -0.2) is 15.9 Å². The molecule has 0 aliphatic carbocycles. The van der Waals surface area contributed by atoms with E-state index in [1.54, 1.807) is 17.2 Å². The number of pyridine rings is 1. The molecule has 0 bridgehead atoms. The zero-order valence-electron chi connectivity index (χ0n) is 16.4. The largest absolute Gasteiger partial charge is 0.278 e. The Morgan fingerprint density at radius 1 is 1.03 bits per heavy atom. The van der Waals surface area contributed by atoms with Crippen molar-refractivity contribution in [2.24, 2.45) is 0 Å². The fraction of sp³-hybridized carbons (Fsp3) is 0.125. The van der Waals surface area contributed by atoms with Crippen LogP contribution in [0.2, 0.25) is 0 Å². The van der Waals surface area contributed by atoms with Crippen LogP contribution in [0.4, 0.5) is 5.13 Å². The molecule has 0 saturated heterocycles. The van der Waals surface area contributed by atoms with Crippen LogP contribution in [0.1, 0.15) is 22.4 Å². The summed E-state index contributed by atoms with van der Waals surface area (Å²) in [6, 6.07) is 19.7. The monoisotopic (exact) mass is 399 g/mol.